The molecule has 0 bridgehead atoms. The average Bonchev–Trinajstić information content (AvgIpc) is 3.04. The van der Waals surface area contributed by atoms with Crippen LogP contribution in [0.25, 0.3) is 10.1 Å². The van der Waals surface area contributed by atoms with E-state index in [9.17, 15) is 9.90 Å². The summed E-state index contributed by atoms with van der Waals surface area (Å²) in [7, 11) is 0. The monoisotopic (exact) mass is 326 g/mol. The number of fused-ring (bicyclic) bond motifs is 1. The molecule has 4 nitrogen and oxygen atoms in total. The molecule has 6 heteroatoms. The number of hydrogen-bond acceptors (Lipinski definition) is 4. The maximum Gasteiger partial charge on any atom is 0.224 e. The minimum absolute atomic E-state index is 0. The third kappa shape index (κ3) is 3.74. The number of rotatable bonds is 4. The third-order valence-corrected chi connectivity index (χ3v) is 4.79. The van der Waals surface area contributed by atoms with Gasteiger partial charge in [-0.15, -0.1) is 23.7 Å². The summed E-state index contributed by atoms with van der Waals surface area (Å²) in [5.74, 6) is 0.144. The molecule has 3 rings (SSSR count). The van der Waals surface area contributed by atoms with E-state index in [-0.39, 0.29) is 30.3 Å². The number of aliphatic hydroxyl groups excluding tert-OH is 1. The van der Waals surface area contributed by atoms with Crippen LogP contribution in [0.2, 0.25) is 0 Å². The Bertz CT molecular complexity index is 616. The molecule has 114 valence electrons. The fraction of sp³-hybridized carbons (Fsp3) is 0.400. The molecule has 1 aromatic heterocycles. The Hall–Kier alpha value is -1.14. The number of carbonyl (C=O) groups is 1. The number of aliphatic hydroxyl groups is 1. The SMILES string of the molecule is Cl.O=C(Cc1csc2ccccc12)NCC1CNCC1O. The lowest BCUT2D eigenvalue weighted by Crippen LogP contribution is -2.35. The van der Waals surface area contributed by atoms with Crippen molar-refractivity contribution in [3.8, 4) is 0 Å². The Labute approximate surface area is 134 Å². The smallest absolute Gasteiger partial charge is 0.224 e. The first kappa shape index (κ1) is 16.2. The molecule has 0 saturated carbocycles. The van der Waals surface area contributed by atoms with Gasteiger partial charge in [-0.1, -0.05) is 18.2 Å². The molecule has 21 heavy (non-hydrogen) atoms. The zero-order valence-corrected chi connectivity index (χ0v) is 13.2. The number of halogens is 1. The maximum atomic E-state index is 12.0. The van der Waals surface area contributed by atoms with Crippen LogP contribution in [0.15, 0.2) is 29.6 Å². The van der Waals surface area contributed by atoms with Crippen LogP contribution in [0.4, 0.5) is 0 Å². The zero-order valence-electron chi connectivity index (χ0n) is 11.5. The number of β-amino-alcohol motifs (C(OH)–C–C–N with tert-alkyl or cyclic N) is 1. The first-order chi connectivity index (χ1) is 9.74. The molecule has 2 unspecified atom stereocenters. The molecular weight excluding hydrogens is 308 g/mol. The Morgan fingerprint density at radius 1 is 1.38 bits per heavy atom. The van der Waals surface area contributed by atoms with E-state index in [0.717, 1.165) is 17.5 Å². The standard InChI is InChI=1S/C15H18N2O2S.ClH/c18-13-8-16-6-11(13)7-17-15(19)5-10-9-20-14-4-2-1-3-12(10)14;/h1-4,9,11,13,16,18H,5-8H2,(H,17,19);1H. The van der Waals surface area contributed by atoms with Crippen LogP contribution < -0.4 is 10.6 Å². The van der Waals surface area contributed by atoms with Crippen molar-refractivity contribution in [2.45, 2.75) is 12.5 Å². The maximum absolute atomic E-state index is 12.0. The summed E-state index contributed by atoms with van der Waals surface area (Å²) < 4.78 is 1.21. The summed E-state index contributed by atoms with van der Waals surface area (Å²) in [6.07, 6.45) is 0.0533. The van der Waals surface area contributed by atoms with Gasteiger partial charge in [0.25, 0.3) is 0 Å². The first-order valence-electron chi connectivity index (χ1n) is 6.84. The molecule has 1 saturated heterocycles. The van der Waals surface area contributed by atoms with E-state index < -0.39 is 0 Å². The van der Waals surface area contributed by atoms with Crippen molar-refractivity contribution in [1.82, 2.24) is 10.6 Å². The van der Waals surface area contributed by atoms with Crippen LogP contribution in [0.5, 0.6) is 0 Å². The molecule has 0 spiro atoms. The van der Waals surface area contributed by atoms with Gasteiger partial charge < -0.3 is 15.7 Å². The van der Waals surface area contributed by atoms with Gasteiger partial charge in [-0.3, -0.25) is 4.79 Å². The van der Waals surface area contributed by atoms with Crippen molar-refractivity contribution < 1.29 is 9.90 Å². The molecule has 2 heterocycles. The number of amides is 1. The quantitative estimate of drug-likeness (QED) is 0.799. The minimum Gasteiger partial charge on any atom is -0.391 e. The molecule has 1 aliphatic rings. The van der Waals surface area contributed by atoms with E-state index in [1.807, 2.05) is 12.1 Å². The van der Waals surface area contributed by atoms with Gasteiger partial charge in [-0.05, 0) is 22.4 Å². The summed E-state index contributed by atoms with van der Waals surface area (Å²) >= 11 is 1.67. The number of carbonyl (C=O) groups excluding carboxylic acids is 1. The van der Waals surface area contributed by atoms with Crippen molar-refractivity contribution in [1.29, 1.82) is 0 Å². The molecule has 3 N–H and O–H groups in total. The normalized spacial score (nSPS) is 21.2. The summed E-state index contributed by atoms with van der Waals surface area (Å²) in [5, 5.41) is 18.9. The summed E-state index contributed by atoms with van der Waals surface area (Å²) in [5.41, 5.74) is 1.08. The highest BCUT2D eigenvalue weighted by Crippen LogP contribution is 2.25. The van der Waals surface area contributed by atoms with Crippen molar-refractivity contribution in [3.63, 3.8) is 0 Å². The Morgan fingerprint density at radius 2 is 2.19 bits per heavy atom. The summed E-state index contributed by atoms with van der Waals surface area (Å²) in [6.45, 7) is 1.92. The Balaban J connectivity index is 0.00000161. The average molecular weight is 327 g/mol. The third-order valence-electron chi connectivity index (χ3n) is 3.78. The number of hydrogen-bond donors (Lipinski definition) is 3. The van der Waals surface area contributed by atoms with Gasteiger partial charge >= 0.3 is 0 Å². The van der Waals surface area contributed by atoms with Gasteiger partial charge in [0.2, 0.25) is 5.91 Å². The lowest BCUT2D eigenvalue weighted by atomic mass is 10.1. The van der Waals surface area contributed by atoms with Crippen LogP contribution in [-0.2, 0) is 11.2 Å². The highest BCUT2D eigenvalue weighted by molar-refractivity contribution is 7.17. The van der Waals surface area contributed by atoms with E-state index in [1.54, 1.807) is 11.3 Å². The van der Waals surface area contributed by atoms with Gasteiger partial charge in [-0.25, -0.2) is 0 Å². The topological polar surface area (TPSA) is 61.4 Å². The van der Waals surface area contributed by atoms with E-state index in [1.165, 1.54) is 4.70 Å². The Kier molecular flexibility index (Phi) is 5.58. The lowest BCUT2D eigenvalue weighted by molar-refractivity contribution is -0.120. The minimum atomic E-state index is -0.350. The second kappa shape index (κ2) is 7.22. The van der Waals surface area contributed by atoms with Crippen molar-refractivity contribution in [2.75, 3.05) is 19.6 Å². The van der Waals surface area contributed by atoms with Gasteiger partial charge in [0.05, 0.1) is 12.5 Å². The highest BCUT2D eigenvalue weighted by atomic mass is 35.5. The highest BCUT2D eigenvalue weighted by Gasteiger charge is 2.25. The van der Waals surface area contributed by atoms with Crippen LogP contribution in [0.1, 0.15) is 5.56 Å². The summed E-state index contributed by atoms with van der Waals surface area (Å²) in [4.78, 5) is 12.0. The molecular formula is C15H19ClN2O2S. The molecule has 2 aromatic rings. The molecule has 0 aliphatic carbocycles. The second-order valence-corrected chi connectivity index (χ2v) is 6.13. The molecule has 1 amide bonds. The number of benzene rings is 1. The Morgan fingerprint density at radius 3 is 2.95 bits per heavy atom. The zero-order chi connectivity index (χ0) is 13.9. The van der Waals surface area contributed by atoms with Crippen molar-refractivity contribution in [3.05, 3.63) is 35.2 Å². The van der Waals surface area contributed by atoms with E-state index in [4.69, 9.17) is 0 Å². The fourth-order valence-electron chi connectivity index (χ4n) is 2.58. The molecule has 2 atom stereocenters. The van der Waals surface area contributed by atoms with Crippen LogP contribution in [0.3, 0.4) is 0 Å². The number of nitrogens with one attached hydrogen (secondary N) is 2. The van der Waals surface area contributed by atoms with Crippen LogP contribution in [0, 0.1) is 5.92 Å². The van der Waals surface area contributed by atoms with Gasteiger partial charge in [0.1, 0.15) is 0 Å². The van der Waals surface area contributed by atoms with Gasteiger partial charge in [-0.2, -0.15) is 0 Å². The number of thiophene rings is 1. The van der Waals surface area contributed by atoms with Crippen LogP contribution in [-0.4, -0.2) is 36.8 Å². The van der Waals surface area contributed by atoms with E-state index >= 15 is 0 Å². The molecule has 0 radical (unpaired) electrons. The lowest BCUT2D eigenvalue weighted by Gasteiger charge is -2.13. The fourth-order valence-corrected chi connectivity index (χ4v) is 3.54. The van der Waals surface area contributed by atoms with Crippen molar-refractivity contribution >= 4 is 39.7 Å². The second-order valence-electron chi connectivity index (χ2n) is 5.22. The molecule has 1 aromatic carbocycles. The predicted octanol–water partition coefficient (Wildman–Crippen LogP) is 1.56. The van der Waals surface area contributed by atoms with Gasteiger partial charge in [0.15, 0.2) is 0 Å². The van der Waals surface area contributed by atoms with Crippen LogP contribution >= 0.6 is 23.7 Å². The van der Waals surface area contributed by atoms with Crippen molar-refractivity contribution in [2.24, 2.45) is 5.92 Å². The first-order valence-corrected chi connectivity index (χ1v) is 7.72. The predicted molar refractivity (Wildman–Crippen MR) is 88.2 cm³/mol. The van der Waals surface area contributed by atoms with E-state index in [0.29, 0.717) is 19.5 Å². The van der Waals surface area contributed by atoms with Gasteiger partial charge in [0, 0.05) is 30.3 Å². The summed E-state index contributed by atoms with van der Waals surface area (Å²) in [6, 6.07) is 8.13. The van der Waals surface area contributed by atoms with E-state index in [2.05, 4.69) is 28.1 Å². The largest absolute Gasteiger partial charge is 0.391 e. The molecule has 1 fully saturated rings. The molecule has 1 aliphatic heterocycles.